The summed E-state index contributed by atoms with van der Waals surface area (Å²) in [5.74, 6) is 2.13. The molecule has 0 aliphatic heterocycles. The first-order valence-electron chi connectivity index (χ1n) is 16.1. The van der Waals surface area contributed by atoms with Gasteiger partial charge in [-0.3, -0.25) is 9.78 Å². The molecule has 0 bridgehead atoms. The first kappa shape index (κ1) is 37.3. The van der Waals surface area contributed by atoms with Crippen LogP contribution >= 0.6 is 0 Å². The summed E-state index contributed by atoms with van der Waals surface area (Å²) in [5, 5.41) is 13.4. The molecular weight excluding hydrogens is 721 g/mol. The van der Waals surface area contributed by atoms with Crippen molar-refractivity contribution in [3.05, 3.63) is 82.9 Å². The van der Waals surface area contributed by atoms with Crippen molar-refractivity contribution in [3.63, 3.8) is 0 Å². The summed E-state index contributed by atoms with van der Waals surface area (Å²) in [6.07, 6.45) is 4.91. The van der Waals surface area contributed by atoms with Gasteiger partial charge in [0.15, 0.2) is 5.78 Å². The molecule has 0 atom stereocenters. The normalized spacial score (nSPS) is 11.8. The predicted octanol–water partition coefficient (Wildman–Crippen LogP) is 11.0. The number of benzene rings is 3. The molecule has 239 valence electrons. The molecule has 4 nitrogen and oxygen atoms in total. The smallest absolute Gasteiger partial charge is 0.162 e. The number of nitrogens with zero attached hydrogens (tertiary/aromatic N) is 2. The van der Waals surface area contributed by atoms with Crippen LogP contribution in [0.2, 0.25) is 0 Å². The van der Waals surface area contributed by atoms with Crippen LogP contribution in [0.5, 0.6) is 0 Å². The summed E-state index contributed by atoms with van der Waals surface area (Å²) in [5.41, 5.74) is 6.80. The summed E-state index contributed by atoms with van der Waals surface area (Å²) < 4.78 is 0. The number of rotatable bonds is 10. The number of aliphatic hydroxyl groups excluding tert-OH is 1. The van der Waals surface area contributed by atoms with E-state index < -0.39 is 0 Å². The number of carbonyl (C=O) groups excluding carboxylic acids is 1. The van der Waals surface area contributed by atoms with Gasteiger partial charge < -0.3 is 5.11 Å². The van der Waals surface area contributed by atoms with Crippen molar-refractivity contribution in [2.24, 2.45) is 11.8 Å². The van der Waals surface area contributed by atoms with Crippen LogP contribution in [0.3, 0.4) is 0 Å². The Labute approximate surface area is 279 Å². The topological polar surface area (TPSA) is 63.1 Å². The van der Waals surface area contributed by atoms with Crippen LogP contribution in [0.1, 0.15) is 115 Å². The standard InChI is InChI=1S/C26H27N2.C13H24O2.Ir/c1-15(2)21-9-7-8-19-10-11-22-24(20-13-17(5)12-18(6)14-20)27-26(16(3)4)28-25(22)23(19)21;1-5-10(6-2)12(14)9-13(15)11(7-3)8-4;/h7-13,15-16H,1-6H3;9-11,14H,5-8H2,1-4H3;/q-1;;/b;12-9-;. The van der Waals surface area contributed by atoms with Crippen LogP contribution in [0.4, 0.5) is 0 Å². The van der Waals surface area contributed by atoms with Gasteiger partial charge in [0.1, 0.15) is 5.82 Å². The molecule has 1 N–H and O–H groups in total. The predicted molar refractivity (Wildman–Crippen MR) is 183 cm³/mol. The molecule has 0 amide bonds. The molecule has 0 spiro atoms. The fourth-order valence-corrected chi connectivity index (χ4v) is 5.76. The average molecular weight is 772 g/mol. The minimum atomic E-state index is 0. The van der Waals surface area contributed by atoms with Gasteiger partial charge in [0, 0.05) is 49.3 Å². The van der Waals surface area contributed by atoms with Gasteiger partial charge in [-0.2, -0.15) is 0 Å². The number of hydrogen-bond donors (Lipinski definition) is 1. The van der Waals surface area contributed by atoms with Gasteiger partial charge in [-0.05, 0) is 53.6 Å². The van der Waals surface area contributed by atoms with Crippen LogP contribution < -0.4 is 0 Å². The number of hydrogen-bond acceptors (Lipinski definition) is 4. The van der Waals surface area contributed by atoms with Crippen molar-refractivity contribution >= 4 is 27.5 Å². The first-order chi connectivity index (χ1) is 20.4. The summed E-state index contributed by atoms with van der Waals surface area (Å²) in [6.45, 7) is 21.1. The molecule has 0 fully saturated rings. The third-order valence-electron chi connectivity index (χ3n) is 8.38. The number of allylic oxidation sites excluding steroid dienone is 2. The number of aliphatic hydroxyl groups is 1. The molecule has 0 unspecified atom stereocenters. The van der Waals surface area contributed by atoms with E-state index in [1.165, 1.54) is 28.0 Å². The number of aryl methyl sites for hydroxylation is 2. The van der Waals surface area contributed by atoms with E-state index in [1.54, 1.807) is 0 Å². The van der Waals surface area contributed by atoms with Crippen LogP contribution in [-0.4, -0.2) is 20.9 Å². The van der Waals surface area contributed by atoms with E-state index in [-0.39, 0.29) is 49.4 Å². The molecule has 0 saturated carbocycles. The Bertz CT molecular complexity index is 1560. The molecule has 4 aromatic rings. The van der Waals surface area contributed by atoms with Crippen LogP contribution in [-0.2, 0) is 24.9 Å². The van der Waals surface area contributed by atoms with Gasteiger partial charge in [-0.15, -0.1) is 34.9 Å². The zero-order valence-electron chi connectivity index (χ0n) is 28.3. The SMILES string of the molecule is CCC(CC)C(=O)/C=C(\O)C(CC)CC.Cc1[c-]c(-c2nc(C(C)C)nc3c2ccc2cccc(C(C)C)c23)cc(C)c1.[Ir]. The summed E-state index contributed by atoms with van der Waals surface area (Å²) in [7, 11) is 0. The molecule has 5 heteroatoms. The molecule has 1 radical (unpaired) electrons. The van der Waals surface area contributed by atoms with Gasteiger partial charge in [0.05, 0.1) is 11.3 Å². The maximum absolute atomic E-state index is 11.7. The first-order valence-corrected chi connectivity index (χ1v) is 16.1. The Kier molecular flexibility index (Phi) is 14.4. The van der Waals surface area contributed by atoms with Crippen LogP contribution in [0.25, 0.3) is 32.9 Å². The monoisotopic (exact) mass is 772 g/mol. The van der Waals surface area contributed by atoms with Gasteiger partial charge in [0.2, 0.25) is 0 Å². The average Bonchev–Trinajstić information content (AvgIpc) is 2.97. The number of carbonyl (C=O) groups is 1. The van der Waals surface area contributed by atoms with Crippen molar-refractivity contribution in [3.8, 4) is 11.3 Å². The van der Waals surface area contributed by atoms with E-state index in [0.29, 0.717) is 5.92 Å². The molecule has 44 heavy (non-hydrogen) atoms. The quantitative estimate of drug-likeness (QED) is 0.0755. The molecule has 4 rings (SSSR count). The second-order valence-electron chi connectivity index (χ2n) is 12.4. The largest absolute Gasteiger partial charge is 0.512 e. The Morgan fingerprint density at radius 3 is 2.05 bits per heavy atom. The van der Waals surface area contributed by atoms with E-state index in [0.717, 1.165) is 59.2 Å². The molecular formula is C39H51IrN2O2-. The Morgan fingerprint density at radius 1 is 0.864 bits per heavy atom. The van der Waals surface area contributed by atoms with Crippen molar-refractivity contribution in [1.29, 1.82) is 0 Å². The van der Waals surface area contributed by atoms with E-state index in [9.17, 15) is 9.90 Å². The Hall–Kier alpha value is -2.88. The van der Waals surface area contributed by atoms with Crippen molar-refractivity contribution in [2.75, 3.05) is 0 Å². The molecule has 3 aromatic carbocycles. The molecule has 0 saturated heterocycles. The zero-order chi connectivity index (χ0) is 31.8. The van der Waals surface area contributed by atoms with Gasteiger partial charge in [-0.25, -0.2) is 4.98 Å². The Balaban J connectivity index is 0.000000363. The van der Waals surface area contributed by atoms with Crippen molar-refractivity contribution in [2.45, 2.75) is 107 Å². The fourth-order valence-electron chi connectivity index (χ4n) is 5.76. The number of aromatic nitrogens is 2. The molecule has 0 aliphatic carbocycles. The summed E-state index contributed by atoms with van der Waals surface area (Å²) in [6, 6.07) is 18.8. The van der Waals surface area contributed by atoms with E-state index >= 15 is 0 Å². The van der Waals surface area contributed by atoms with E-state index in [1.807, 2.05) is 27.7 Å². The molecule has 1 aromatic heterocycles. The van der Waals surface area contributed by atoms with E-state index in [2.05, 4.69) is 90.1 Å². The number of ketones is 1. The second-order valence-corrected chi connectivity index (χ2v) is 12.4. The fraction of sp³-hybridized carbons (Fsp3) is 0.462. The van der Waals surface area contributed by atoms with Crippen molar-refractivity contribution in [1.82, 2.24) is 9.97 Å². The minimum Gasteiger partial charge on any atom is -0.512 e. The van der Waals surface area contributed by atoms with Gasteiger partial charge >= 0.3 is 0 Å². The van der Waals surface area contributed by atoms with Gasteiger partial charge in [-0.1, -0.05) is 99.6 Å². The van der Waals surface area contributed by atoms with Gasteiger partial charge in [0.25, 0.3) is 0 Å². The van der Waals surface area contributed by atoms with Crippen molar-refractivity contribution < 1.29 is 30.0 Å². The molecule has 1 heterocycles. The third kappa shape index (κ3) is 8.86. The molecule has 0 aliphatic rings. The van der Waals surface area contributed by atoms with E-state index in [4.69, 9.17) is 9.97 Å². The summed E-state index contributed by atoms with van der Waals surface area (Å²) >= 11 is 0. The minimum absolute atomic E-state index is 0. The Morgan fingerprint density at radius 2 is 1.50 bits per heavy atom. The maximum Gasteiger partial charge on any atom is 0.162 e. The maximum atomic E-state index is 11.7. The number of fused-ring (bicyclic) bond motifs is 3. The summed E-state index contributed by atoms with van der Waals surface area (Å²) in [4.78, 5) is 21.8. The zero-order valence-corrected chi connectivity index (χ0v) is 30.7. The van der Waals surface area contributed by atoms with Crippen LogP contribution in [0, 0.1) is 31.7 Å². The second kappa shape index (κ2) is 17.0. The third-order valence-corrected chi connectivity index (χ3v) is 8.38. The van der Waals surface area contributed by atoms with Crippen LogP contribution in [0.15, 0.2) is 54.3 Å².